The Kier molecular flexibility index (Phi) is 3.18. The summed E-state index contributed by atoms with van der Waals surface area (Å²) in [5.41, 5.74) is -0.941. The minimum absolute atomic E-state index is 0.296. The molecule has 0 aliphatic heterocycles. The maximum Gasteiger partial charge on any atom is 0.408 e. The van der Waals surface area contributed by atoms with Gasteiger partial charge in [0.15, 0.2) is 0 Å². The zero-order valence-electron chi connectivity index (χ0n) is 8.30. The van der Waals surface area contributed by atoms with Crippen LogP contribution in [0.2, 0.25) is 0 Å². The summed E-state index contributed by atoms with van der Waals surface area (Å²) < 4.78 is 38.6. The Hall–Kier alpha value is -1.30. The van der Waals surface area contributed by atoms with Crippen molar-refractivity contribution in [3.05, 3.63) is 34.2 Å². The van der Waals surface area contributed by atoms with E-state index < -0.39 is 17.8 Å². The van der Waals surface area contributed by atoms with Crippen LogP contribution in [0, 0.1) is 0 Å². The lowest BCUT2D eigenvalue weighted by atomic mass is 10.1. The van der Waals surface area contributed by atoms with Crippen molar-refractivity contribution >= 4 is 0 Å². The molecule has 0 spiro atoms. The number of aromatic nitrogens is 1. The molecule has 0 aliphatic rings. The predicted molar refractivity (Wildman–Crippen MR) is 49.5 cm³/mol. The van der Waals surface area contributed by atoms with Crippen LogP contribution < -0.4 is 10.9 Å². The van der Waals surface area contributed by atoms with E-state index in [-0.39, 0.29) is 5.56 Å². The van der Waals surface area contributed by atoms with Gasteiger partial charge in [-0.25, -0.2) is 0 Å². The van der Waals surface area contributed by atoms with E-state index >= 15 is 0 Å². The molecule has 1 unspecified atom stereocenters. The predicted octanol–water partition coefficient (Wildman–Crippen LogP) is 1.21. The van der Waals surface area contributed by atoms with Crippen LogP contribution in [0.15, 0.2) is 23.1 Å². The van der Waals surface area contributed by atoms with Crippen LogP contribution in [0.3, 0.4) is 0 Å². The molecule has 1 N–H and O–H groups in total. The number of hydrogen-bond donors (Lipinski definition) is 1. The monoisotopic (exact) mass is 220 g/mol. The summed E-state index contributed by atoms with van der Waals surface area (Å²) in [7, 11) is 2.58. The highest BCUT2D eigenvalue weighted by Crippen LogP contribution is 2.30. The zero-order chi connectivity index (χ0) is 11.6. The Balaban J connectivity index is 3.25. The fourth-order valence-electron chi connectivity index (χ4n) is 1.33. The first kappa shape index (κ1) is 11.8. The molecule has 1 heterocycles. The summed E-state index contributed by atoms with van der Waals surface area (Å²) in [4.78, 5) is 11.4. The van der Waals surface area contributed by atoms with Crippen LogP contribution in [-0.4, -0.2) is 17.8 Å². The smallest absolute Gasteiger partial charge is 0.318 e. The molecule has 6 heteroatoms. The average Bonchev–Trinajstić information content (AvgIpc) is 2.11. The van der Waals surface area contributed by atoms with Gasteiger partial charge in [0.05, 0.1) is 0 Å². The molecule has 1 atom stereocenters. The van der Waals surface area contributed by atoms with Gasteiger partial charge in [-0.15, -0.1) is 0 Å². The highest BCUT2D eigenvalue weighted by Gasteiger charge is 2.41. The molecule has 0 fully saturated rings. The van der Waals surface area contributed by atoms with Gasteiger partial charge in [0, 0.05) is 18.8 Å². The molecule has 0 aliphatic carbocycles. The van der Waals surface area contributed by atoms with Crippen molar-refractivity contribution in [2.75, 3.05) is 7.05 Å². The number of halogens is 3. The van der Waals surface area contributed by atoms with Crippen molar-refractivity contribution in [1.29, 1.82) is 0 Å². The standard InChI is InChI=1S/C9H11F3N2O/c1-13-7(9(10,11)12)6-4-3-5-14(2)8(6)15/h3-5,7,13H,1-2H3. The minimum Gasteiger partial charge on any atom is -0.318 e. The SMILES string of the molecule is CNC(c1cccn(C)c1=O)C(F)(F)F. The molecule has 1 rings (SSSR count). The number of aryl methyl sites for hydroxylation is 1. The second-order valence-electron chi connectivity index (χ2n) is 3.14. The van der Waals surface area contributed by atoms with Gasteiger partial charge in [-0.2, -0.15) is 13.2 Å². The molecule has 0 saturated carbocycles. The van der Waals surface area contributed by atoms with E-state index in [1.807, 2.05) is 0 Å². The second kappa shape index (κ2) is 4.06. The molecule has 84 valence electrons. The molecule has 1 aromatic heterocycles. The molecule has 0 saturated heterocycles. The van der Waals surface area contributed by atoms with Crippen LogP contribution >= 0.6 is 0 Å². The summed E-state index contributed by atoms with van der Waals surface area (Å²) in [6.45, 7) is 0. The van der Waals surface area contributed by atoms with Crippen molar-refractivity contribution in [3.63, 3.8) is 0 Å². The van der Waals surface area contributed by atoms with Gasteiger partial charge in [0.25, 0.3) is 5.56 Å². The molecule has 3 nitrogen and oxygen atoms in total. The van der Waals surface area contributed by atoms with Gasteiger partial charge in [-0.3, -0.25) is 4.79 Å². The molecule has 0 radical (unpaired) electrons. The Morgan fingerprint density at radius 1 is 1.47 bits per heavy atom. The van der Waals surface area contributed by atoms with Crippen molar-refractivity contribution in [2.45, 2.75) is 12.2 Å². The lowest BCUT2D eigenvalue weighted by Gasteiger charge is -2.19. The molecular formula is C9H11F3N2O. The second-order valence-corrected chi connectivity index (χ2v) is 3.14. The number of pyridine rings is 1. The van der Waals surface area contributed by atoms with Crippen molar-refractivity contribution in [1.82, 2.24) is 9.88 Å². The van der Waals surface area contributed by atoms with E-state index in [1.54, 1.807) is 0 Å². The first-order valence-corrected chi connectivity index (χ1v) is 4.27. The third-order valence-electron chi connectivity index (χ3n) is 2.08. The number of hydrogen-bond acceptors (Lipinski definition) is 2. The average molecular weight is 220 g/mol. The number of nitrogens with zero attached hydrogens (tertiary/aromatic N) is 1. The third-order valence-corrected chi connectivity index (χ3v) is 2.08. The highest BCUT2D eigenvalue weighted by atomic mass is 19.4. The normalized spacial score (nSPS) is 13.9. The van der Waals surface area contributed by atoms with Crippen LogP contribution in [0.4, 0.5) is 13.2 Å². The van der Waals surface area contributed by atoms with E-state index in [0.717, 1.165) is 4.57 Å². The summed E-state index contributed by atoms with van der Waals surface area (Å²) in [5.74, 6) is 0. The molecule has 0 bridgehead atoms. The van der Waals surface area contributed by atoms with Gasteiger partial charge in [-0.05, 0) is 13.1 Å². The van der Waals surface area contributed by atoms with Crippen molar-refractivity contribution in [2.24, 2.45) is 7.05 Å². The topological polar surface area (TPSA) is 34.0 Å². The van der Waals surface area contributed by atoms with E-state index in [4.69, 9.17) is 0 Å². The Labute approximate surface area is 84.5 Å². The van der Waals surface area contributed by atoms with Gasteiger partial charge < -0.3 is 9.88 Å². The van der Waals surface area contributed by atoms with Gasteiger partial charge in [0.2, 0.25) is 0 Å². The van der Waals surface area contributed by atoms with Gasteiger partial charge in [0.1, 0.15) is 6.04 Å². The van der Waals surface area contributed by atoms with Crippen molar-refractivity contribution < 1.29 is 13.2 Å². The molecule has 15 heavy (non-hydrogen) atoms. The first-order chi connectivity index (χ1) is 6.88. The maximum atomic E-state index is 12.5. The Bertz CT molecular complexity index is 397. The minimum atomic E-state index is -4.47. The Morgan fingerprint density at radius 2 is 2.07 bits per heavy atom. The lowest BCUT2D eigenvalue weighted by molar-refractivity contribution is -0.156. The van der Waals surface area contributed by atoms with Gasteiger partial charge in [-0.1, -0.05) is 6.07 Å². The zero-order valence-corrected chi connectivity index (χ0v) is 8.30. The van der Waals surface area contributed by atoms with Crippen LogP contribution in [0.25, 0.3) is 0 Å². The number of nitrogens with one attached hydrogen (secondary N) is 1. The van der Waals surface area contributed by atoms with E-state index in [2.05, 4.69) is 5.32 Å². The quantitative estimate of drug-likeness (QED) is 0.812. The fourth-order valence-corrected chi connectivity index (χ4v) is 1.33. The molecular weight excluding hydrogens is 209 g/mol. The largest absolute Gasteiger partial charge is 0.408 e. The summed E-state index contributed by atoms with van der Waals surface area (Å²) in [6, 6.07) is 0.668. The number of alkyl halides is 3. The first-order valence-electron chi connectivity index (χ1n) is 4.27. The van der Waals surface area contributed by atoms with E-state index in [0.29, 0.717) is 0 Å². The van der Waals surface area contributed by atoms with Crippen molar-refractivity contribution in [3.8, 4) is 0 Å². The van der Waals surface area contributed by atoms with Gasteiger partial charge >= 0.3 is 6.18 Å². The maximum absolute atomic E-state index is 12.5. The Morgan fingerprint density at radius 3 is 2.53 bits per heavy atom. The van der Waals surface area contributed by atoms with E-state index in [9.17, 15) is 18.0 Å². The van der Waals surface area contributed by atoms with Crippen LogP contribution in [0.1, 0.15) is 11.6 Å². The van der Waals surface area contributed by atoms with Crippen LogP contribution in [-0.2, 0) is 7.05 Å². The molecule has 1 aromatic rings. The summed E-state index contributed by atoms with van der Waals surface area (Å²) in [6.07, 6.45) is -3.06. The molecule has 0 amide bonds. The summed E-state index contributed by atoms with van der Waals surface area (Å²) in [5, 5.41) is 2.09. The third kappa shape index (κ3) is 2.38. The van der Waals surface area contributed by atoms with E-state index in [1.165, 1.54) is 32.4 Å². The van der Waals surface area contributed by atoms with Crippen LogP contribution in [0.5, 0.6) is 0 Å². The lowest BCUT2D eigenvalue weighted by Crippen LogP contribution is -2.37. The molecule has 0 aromatic carbocycles. The summed E-state index contributed by atoms with van der Waals surface area (Å²) >= 11 is 0. The fraction of sp³-hybridized carbons (Fsp3) is 0.444. The number of rotatable bonds is 2. The highest BCUT2D eigenvalue weighted by molar-refractivity contribution is 5.16.